The van der Waals surface area contributed by atoms with Crippen molar-refractivity contribution in [1.82, 2.24) is 5.32 Å². The summed E-state index contributed by atoms with van der Waals surface area (Å²) in [7, 11) is 1.52. The molecule has 5 nitrogen and oxygen atoms in total. The zero-order valence-electron chi connectivity index (χ0n) is 12.0. The average Bonchev–Trinajstić information content (AvgIpc) is 2.35. The highest BCUT2D eigenvalue weighted by molar-refractivity contribution is 5.90. The summed E-state index contributed by atoms with van der Waals surface area (Å²) >= 11 is 0. The number of halogens is 1. The number of hydrogen-bond donors (Lipinski definition) is 3. The molecule has 0 saturated carbocycles. The van der Waals surface area contributed by atoms with Crippen LogP contribution in [0, 0.1) is 12.7 Å². The Labute approximate surface area is 118 Å². The molecule has 0 spiro atoms. The van der Waals surface area contributed by atoms with E-state index < -0.39 is 11.6 Å². The first-order valence-corrected chi connectivity index (χ1v) is 6.36. The molecule has 0 heterocycles. The van der Waals surface area contributed by atoms with E-state index in [0.717, 1.165) is 0 Å². The van der Waals surface area contributed by atoms with Gasteiger partial charge in [-0.2, -0.15) is 0 Å². The van der Waals surface area contributed by atoms with Crippen molar-refractivity contribution < 1.29 is 19.0 Å². The Bertz CT molecular complexity index is 460. The van der Waals surface area contributed by atoms with Crippen LogP contribution >= 0.6 is 0 Å². The van der Waals surface area contributed by atoms with Gasteiger partial charge in [0.05, 0.1) is 12.1 Å². The van der Waals surface area contributed by atoms with Gasteiger partial charge in [0.2, 0.25) is 0 Å². The Balaban J connectivity index is 2.73. The van der Waals surface area contributed by atoms with Crippen molar-refractivity contribution in [3.8, 4) is 0 Å². The molecule has 0 aliphatic rings. The molecular weight excluding hydrogens is 263 g/mol. The van der Waals surface area contributed by atoms with Crippen LogP contribution in [0.3, 0.4) is 0 Å². The van der Waals surface area contributed by atoms with Crippen LogP contribution in [0.2, 0.25) is 0 Å². The van der Waals surface area contributed by atoms with Crippen LogP contribution in [0.25, 0.3) is 0 Å². The van der Waals surface area contributed by atoms with Crippen molar-refractivity contribution in [3.05, 3.63) is 29.6 Å². The van der Waals surface area contributed by atoms with Crippen molar-refractivity contribution in [2.75, 3.05) is 25.6 Å². The lowest BCUT2D eigenvalue weighted by Gasteiger charge is -2.29. The number of anilines is 1. The van der Waals surface area contributed by atoms with E-state index in [9.17, 15) is 9.18 Å². The topological polar surface area (TPSA) is 70.6 Å². The fourth-order valence-corrected chi connectivity index (χ4v) is 1.91. The van der Waals surface area contributed by atoms with Gasteiger partial charge in [-0.3, -0.25) is 0 Å². The molecule has 0 fully saturated rings. The van der Waals surface area contributed by atoms with Gasteiger partial charge in [-0.25, -0.2) is 9.18 Å². The van der Waals surface area contributed by atoms with E-state index in [4.69, 9.17) is 9.84 Å². The molecule has 2 amide bonds. The summed E-state index contributed by atoms with van der Waals surface area (Å²) in [5.74, 6) is -0.377. The number of aliphatic hydroxyl groups is 1. The summed E-state index contributed by atoms with van der Waals surface area (Å²) in [6.45, 7) is 3.56. The number of carbonyl (C=O) groups is 1. The average molecular weight is 284 g/mol. The molecular formula is C14H21FN2O3. The molecule has 0 aromatic heterocycles. The second-order valence-corrected chi connectivity index (χ2v) is 4.96. The summed E-state index contributed by atoms with van der Waals surface area (Å²) in [5.41, 5.74) is 0.0963. The van der Waals surface area contributed by atoms with E-state index in [1.165, 1.54) is 19.2 Å². The molecule has 0 unspecified atom stereocenters. The molecule has 3 N–H and O–H groups in total. The Morgan fingerprint density at radius 1 is 1.50 bits per heavy atom. The van der Waals surface area contributed by atoms with Crippen LogP contribution in [0.5, 0.6) is 0 Å². The lowest BCUT2D eigenvalue weighted by molar-refractivity contribution is 0.104. The molecule has 1 atom stereocenters. The number of urea groups is 1. The molecule has 1 aromatic rings. The molecule has 0 bridgehead atoms. The van der Waals surface area contributed by atoms with Gasteiger partial charge in [-0.15, -0.1) is 0 Å². The fraction of sp³-hybridized carbons (Fsp3) is 0.500. The summed E-state index contributed by atoms with van der Waals surface area (Å²) in [6.07, 6.45) is 0.358. The normalized spacial score (nSPS) is 13.7. The SMILES string of the molecule is COC[C@](C)(CCO)NC(=O)Nc1cccc(F)c1C. The summed E-state index contributed by atoms with van der Waals surface area (Å²) in [5, 5.41) is 14.4. The van der Waals surface area contributed by atoms with Crippen molar-refractivity contribution in [1.29, 1.82) is 0 Å². The first-order valence-electron chi connectivity index (χ1n) is 6.36. The quantitative estimate of drug-likeness (QED) is 0.748. The summed E-state index contributed by atoms with van der Waals surface area (Å²) in [4.78, 5) is 12.0. The molecule has 0 aliphatic heterocycles. The number of amides is 2. The second-order valence-electron chi connectivity index (χ2n) is 4.96. The standard InChI is InChI=1S/C14H21FN2O3/c1-10-11(15)5-4-6-12(10)16-13(19)17-14(2,7-8-18)9-20-3/h4-6,18H,7-9H2,1-3H3,(H2,16,17,19)/t14-/m0/s1. The lowest BCUT2D eigenvalue weighted by Crippen LogP contribution is -2.51. The molecule has 6 heteroatoms. The number of nitrogens with one attached hydrogen (secondary N) is 2. The first-order chi connectivity index (χ1) is 9.41. The molecule has 20 heavy (non-hydrogen) atoms. The van der Waals surface area contributed by atoms with E-state index in [1.54, 1.807) is 19.9 Å². The number of rotatable bonds is 6. The van der Waals surface area contributed by atoms with Gasteiger partial charge in [0.25, 0.3) is 0 Å². The summed E-state index contributed by atoms with van der Waals surface area (Å²) in [6, 6.07) is 4.02. The van der Waals surface area contributed by atoms with Gasteiger partial charge in [0.1, 0.15) is 5.82 Å². The third-order valence-electron chi connectivity index (χ3n) is 3.06. The molecule has 1 rings (SSSR count). The first kappa shape index (κ1) is 16.4. The molecule has 1 aromatic carbocycles. The number of methoxy groups -OCH3 is 1. The zero-order chi connectivity index (χ0) is 15.2. The monoisotopic (exact) mass is 284 g/mol. The Kier molecular flexibility index (Phi) is 5.91. The zero-order valence-corrected chi connectivity index (χ0v) is 12.0. The van der Waals surface area contributed by atoms with Crippen molar-refractivity contribution in [3.63, 3.8) is 0 Å². The third kappa shape index (κ3) is 4.47. The third-order valence-corrected chi connectivity index (χ3v) is 3.06. The van der Waals surface area contributed by atoms with Gasteiger partial charge >= 0.3 is 6.03 Å². The predicted octanol–water partition coefficient (Wildman–Crippen LogP) is 2.04. The van der Waals surface area contributed by atoms with E-state index in [2.05, 4.69) is 10.6 Å². The molecule has 0 radical (unpaired) electrons. The molecule has 112 valence electrons. The highest BCUT2D eigenvalue weighted by Gasteiger charge is 2.26. The Hall–Kier alpha value is -1.66. The van der Waals surface area contributed by atoms with Crippen LogP contribution < -0.4 is 10.6 Å². The van der Waals surface area contributed by atoms with Gasteiger partial charge in [-0.1, -0.05) is 6.07 Å². The van der Waals surface area contributed by atoms with Gasteiger partial charge < -0.3 is 20.5 Å². The Morgan fingerprint density at radius 3 is 2.80 bits per heavy atom. The van der Waals surface area contributed by atoms with Crippen LogP contribution in [-0.2, 0) is 4.74 Å². The fourth-order valence-electron chi connectivity index (χ4n) is 1.91. The Morgan fingerprint density at radius 2 is 2.20 bits per heavy atom. The maximum Gasteiger partial charge on any atom is 0.319 e. The summed E-state index contributed by atoms with van der Waals surface area (Å²) < 4.78 is 18.4. The minimum Gasteiger partial charge on any atom is -0.396 e. The number of ether oxygens (including phenoxy) is 1. The number of carbonyl (C=O) groups excluding carboxylic acids is 1. The smallest absolute Gasteiger partial charge is 0.319 e. The maximum atomic E-state index is 13.4. The maximum absolute atomic E-state index is 13.4. The van der Waals surface area contributed by atoms with E-state index in [1.807, 2.05) is 0 Å². The van der Waals surface area contributed by atoms with Gasteiger partial charge in [-0.05, 0) is 32.4 Å². The van der Waals surface area contributed by atoms with Crippen LogP contribution in [0.15, 0.2) is 18.2 Å². The highest BCUT2D eigenvalue weighted by atomic mass is 19.1. The van der Waals surface area contributed by atoms with Gasteiger partial charge in [0, 0.05) is 25.0 Å². The minimum atomic E-state index is -0.686. The number of hydrogen-bond acceptors (Lipinski definition) is 3. The predicted molar refractivity (Wildman–Crippen MR) is 75.3 cm³/mol. The minimum absolute atomic E-state index is 0.0703. The van der Waals surface area contributed by atoms with Crippen LogP contribution in [-0.4, -0.2) is 37.0 Å². The van der Waals surface area contributed by atoms with Crippen LogP contribution in [0.4, 0.5) is 14.9 Å². The highest BCUT2D eigenvalue weighted by Crippen LogP contribution is 2.18. The lowest BCUT2D eigenvalue weighted by atomic mass is 10.00. The number of benzene rings is 1. The van der Waals surface area contributed by atoms with Crippen molar-refractivity contribution in [2.45, 2.75) is 25.8 Å². The molecule has 0 saturated heterocycles. The number of aliphatic hydroxyl groups excluding tert-OH is 1. The van der Waals surface area contributed by atoms with E-state index >= 15 is 0 Å². The van der Waals surface area contributed by atoms with E-state index in [0.29, 0.717) is 17.7 Å². The molecule has 0 aliphatic carbocycles. The van der Waals surface area contributed by atoms with Crippen molar-refractivity contribution in [2.24, 2.45) is 0 Å². The van der Waals surface area contributed by atoms with Crippen LogP contribution in [0.1, 0.15) is 18.9 Å². The van der Waals surface area contributed by atoms with E-state index in [-0.39, 0.29) is 19.0 Å². The largest absolute Gasteiger partial charge is 0.396 e. The van der Waals surface area contributed by atoms with Gasteiger partial charge in [0.15, 0.2) is 0 Å². The second kappa shape index (κ2) is 7.21. The van der Waals surface area contributed by atoms with Crippen molar-refractivity contribution >= 4 is 11.7 Å².